The Morgan fingerprint density at radius 2 is 1.88 bits per heavy atom. The quantitative estimate of drug-likeness (QED) is 0.635. The van der Waals surface area contributed by atoms with E-state index in [1.807, 2.05) is 13.8 Å². The van der Waals surface area contributed by atoms with Crippen molar-refractivity contribution >= 4 is 21.7 Å². The Balaban J connectivity index is 2.25. The van der Waals surface area contributed by atoms with E-state index < -0.39 is 0 Å². The summed E-state index contributed by atoms with van der Waals surface area (Å²) in [6.45, 7) is 5.12. The number of halogens is 1. The maximum absolute atomic E-state index is 12.1. The summed E-state index contributed by atoms with van der Waals surface area (Å²) in [5.74, 6) is 1.71. The average molecular weight is 299 g/mol. The highest BCUT2D eigenvalue weighted by atomic mass is 79.9. The van der Waals surface area contributed by atoms with Gasteiger partial charge in [0.15, 0.2) is 17.3 Å². The predicted octanol–water partition coefficient (Wildman–Crippen LogP) is 3.06. The van der Waals surface area contributed by atoms with Gasteiger partial charge in [0.25, 0.3) is 0 Å². The van der Waals surface area contributed by atoms with E-state index in [0.29, 0.717) is 30.3 Å². The van der Waals surface area contributed by atoms with E-state index in [9.17, 15) is 4.79 Å². The summed E-state index contributed by atoms with van der Waals surface area (Å²) in [6.07, 6.45) is 0. The number of alkyl halides is 1. The summed E-state index contributed by atoms with van der Waals surface area (Å²) in [5.41, 5.74) is 0.657. The van der Waals surface area contributed by atoms with E-state index in [2.05, 4.69) is 15.9 Å². The number of Topliss-reactive ketones (excluding diaryl/α,β-unsaturated/α-hetero) is 1. The van der Waals surface area contributed by atoms with Crippen molar-refractivity contribution in [2.24, 2.45) is 5.92 Å². The third-order valence-corrected chi connectivity index (χ3v) is 4.14. The van der Waals surface area contributed by atoms with Crippen molar-refractivity contribution in [3.63, 3.8) is 0 Å². The summed E-state index contributed by atoms with van der Waals surface area (Å²) in [4.78, 5) is 12.0. The number of hydrogen-bond acceptors (Lipinski definition) is 3. The van der Waals surface area contributed by atoms with Gasteiger partial charge in [-0.2, -0.15) is 0 Å². The Morgan fingerprint density at radius 3 is 2.53 bits per heavy atom. The lowest BCUT2D eigenvalue weighted by molar-refractivity contribution is 0.0976. The van der Waals surface area contributed by atoms with Crippen LogP contribution >= 0.6 is 15.9 Å². The fourth-order valence-electron chi connectivity index (χ4n) is 1.66. The minimum Gasteiger partial charge on any atom is -0.486 e. The minimum absolute atomic E-state index is 0.0805. The van der Waals surface area contributed by atoms with E-state index in [4.69, 9.17) is 9.47 Å². The third-order valence-electron chi connectivity index (χ3n) is 2.66. The van der Waals surface area contributed by atoms with Crippen molar-refractivity contribution in [2.45, 2.75) is 18.7 Å². The van der Waals surface area contributed by atoms with Crippen LogP contribution in [0, 0.1) is 5.92 Å². The van der Waals surface area contributed by atoms with Gasteiger partial charge in [-0.1, -0.05) is 29.8 Å². The van der Waals surface area contributed by atoms with E-state index in [-0.39, 0.29) is 16.5 Å². The van der Waals surface area contributed by atoms with Gasteiger partial charge in [-0.3, -0.25) is 4.79 Å². The molecule has 2 rings (SSSR count). The van der Waals surface area contributed by atoms with E-state index >= 15 is 0 Å². The zero-order chi connectivity index (χ0) is 12.4. The van der Waals surface area contributed by atoms with Crippen LogP contribution in [-0.2, 0) is 0 Å². The molecule has 1 aliphatic rings. The second-order valence-electron chi connectivity index (χ2n) is 4.37. The maximum atomic E-state index is 12.1. The fourth-order valence-corrected chi connectivity index (χ4v) is 1.92. The van der Waals surface area contributed by atoms with Crippen molar-refractivity contribution in [1.29, 1.82) is 0 Å². The first-order chi connectivity index (χ1) is 8.09. The largest absolute Gasteiger partial charge is 0.486 e. The number of benzene rings is 1. The summed E-state index contributed by atoms with van der Waals surface area (Å²) < 4.78 is 10.9. The second kappa shape index (κ2) is 5.08. The summed E-state index contributed by atoms with van der Waals surface area (Å²) in [6, 6.07) is 5.34. The highest BCUT2D eigenvalue weighted by Crippen LogP contribution is 2.32. The Hall–Kier alpha value is -1.03. The van der Waals surface area contributed by atoms with E-state index in [1.165, 1.54) is 0 Å². The molecule has 0 bridgehead atoms. The molecule has 0 saturated carbocycles. The van der Waals surface area contributed by atoms with Crippen LogP contribution in [0.3, 0.4) is 0 Å². The van der Waals surface area contributed by atoms with Crippen molar-refractivity contribution in [2.75, 3.05) is 13.2 Å². The molecule has 0 spiro atoms. The molecule has 17 heavy (non-hydrogen) atoms. The molecule has 1 aromatic rings. The Labute approximate surface area is 109 Å². The Bertz CT molecular complexity index is 429. The molecule has 0 fully saturated rings. The van der Waals surface area contributed by atoms with E-state index in [0.717, 1.165) is 0 Å². The number of hydrogen-bond donors (Lipinski definition) is 0. The van der Waals surface area contributed by atoms with Gasteiger partial charge in [-0.15, -0.1) is 0 Å². The topological polar surface area (TPSA) is 35.5 Å². The number of fused-ring (bicyclic) bond motifs is 1. The highest BCUT2D eigenvalue weighted by molar-refractivity contribution is 9.10. The van der Waals surface area contributed by atoms with Crippen LogP contribution in [0.5, 0.6) is 11.5 Å². The van der Waals surface area contributed by atoms with Crippen molar-refractivity contribution < 1.29 is 14.3 Å². The van der Waals surface area contributed by atoms with Crippen LogP contribution in [0.2, 0.25) is 0 Å². The van der Waals surface area contributed by atoms with Gasteiger partial charge in [0.2, 0.25) is 0 Å². The summed E-state index contributed by atoms with van der Waals surface area (Å²) in [7, 11) is 0. The lowest BCUT2D eigenvalue weighted by Gasteiger charge is -2.19. The first kappa shape index (κ1) is 12.4. The van der Waals surface area contributed by atoms with Gasteiger partial charge in [0.1, 0.15) is 13.2 Å². The molecule has 1 atom stereocenters. The molecule has 92 valence electrons. The maximum Gasteiger partial charge on any atom is 0.176 e. The van der Waals surface area contributed by atoms with Crippen molar-refractivity contribution in [1.82, 2.24) is 0 Å². The Morgan fingerprint density at radius 1 is 1.24 bits per heavy atom. The van der Waals surface area contributed by atoms with Crippen LogP contribution in [0.4, 0.5) is 0 Å². The van der Waals surface area contributed by atoms with Gasteiger partial charge in [0, 0.05) is 5.56 Å². The molecule has 1 heterocycles. The number of carbonyl (C=O) groups is 1. The molecule has 4 heteroatoms. The molecule has 0 radical (unpaired) electrons. The minimum atomic E-state index is -0.162. The molecule has 0 saturated heterocycles. The molecule has 1 aromatic carbocycles. The lowest BCUT2D eigenvalue weighted by Crippen LogP contribution is -2.21. The van der Waals surface area contributed by atoms with Crippen LogP contribution in [0.15, 0.2) is 18.2 Å². The van der Waals surface area contributed by atoms with Crippen LogP contribution < -0.4 is 9.47 Å². The molecular weight excluding hydrogens is 284 g/mol. The van der Waals surface area contributed by atoms with Crippen LogP contribution in [-0.4, -0.2) is 23.8 Å². The van der Waals surface area contributed by atoms with Crippen LogP contribution in [0.25, 0.3) is 0 Å². The standard InChI is InChI=1S/C13H15BrO3/c1-8(2)12(14)13(15)9-3-4-10-11(7-9)17-6-5-16-10/h3-4,7-8,12H,5-6H2,1-2H3. The number of rotatable bonds is 3. The smallest absolute Gasteiger partial charge is 0.176 e. The summed E-state index contributed by atoms with van der Waals surface area (Å²) >= 11 is 3.42. The number of ether oxygens (including phenoxy) is 2. The van der Waals surface area contributed by atoms with Crippen LogP contribution in [0.1, 0.15) is 24.2 Å². The third kappa shape index (κ3) is 2.63. The van der Waals surface area contributed by atoms with E-state index in [1.54, 1.807) is 18.2 Å². The monoisotopic (exact) mass is 298 g/mol. The molecule has 1 unspecified atom stereocenters. The SMILES string of the molecule is CC(C)C(Br)C(=O)c1ccc2c(c1)OCCO2. The van der Waals surface area contributed by atoms with Gasteiger partial charge in [-0.25, -0.2) is 0 Å². The average Bonchev–Trinajstić information content (AvgIpc) is 2.36. The molecule has 0 aromatic heterocycles. The predicted molar refractivity (Wildman–Crippen MR) is 69.3 cm³/mol. The molecule has 0 amide bonds. The zero-order valence-electron chi connectivity index (χ0n) is 9.90. The normalized spacial score (nSPS) is 15.8. The molecule has 0 N–H and O–H groups in total. The molecule has 3 nitrogen and oxygen atoms in total. The Kier molecular flexibility index (Phi) is 3.72. The van der Waals surface area contributed by atoms with Crippen molar-refractivity contribution in [3.8, 4) is 11.5 Å². The second-order valence-corrected chi connectivity index (χ2v) is 5.35. The molecular formula is C13H15BrO3. The fraction of sp³-hybridized carbons (Fsp3) is 0.462. The van der Waals surface area contributed by atoms with Gasteiger partial charge in [0.05, 0.1) is 4.83 Å². The zero-order valence-corrected chi connectivity index (χ0v) is 11.5. The number of ketones is 1. The highest BCUT2D eigenvalue weighted by Gasteiger charge is 2.22. The molecule has 1 aliphatic heterocycles. The van der Waals surface area contributed by atoms with Gasteiger partial charge >= 0.3 is 0 Å². The van der Waals surface area contributed by atoms with Crippen molar-refractivity contribution in [3.05, 3.63) is 23.8 Å². The summed E-state index contributed by atoms with van der Waals surface area (Å²) in [5, 5.41) is 0. The number of carbonyl (C=O) groups excluding carboxylic acids is 1. The molecule has 0 aliphatic carbocycles. The van der Waals surface area contributed by atoms with Gasteiger partial charge < -0.3 is 9.47 Å². The first-order valence-corrected chi connectivity index (χ1v) is 6.59. The lowest BCUT2D eigenvalue weighted by atomic mass is 10.0. The first-order valence-electron chi connectivity index (χ1n) is 5.67. The van der Waals surface area contributed by atoms with Gasteiger partial charge in [-0.05, 0) is 24.1 Å².